The van der Waals surface area contributed by atoms with Crippen LogP contribution in [-0.4, -0.2) is 14.2 Å². The molecule has 0 bridgehead atoms. The molecule has 82 valence electrons. The van der Waals surface area contributed by atoms with E-state index in [4.69, 9.17) is 0 Å². The van der Waals surface area contributed by atoms with Gasteiger partial charge in [-0.2, -0.15) is 0 Å². The molecular formula is C10H19O2PS. The first-order valence-electron chi connectivity index (χ1n) is 4.92. The summed E-state index contributed by atoms with van der Waals surface area (Å²) in [6.07, 6.45) is 3.33. The first-order valence-corrected chi connectivity index (χ1v) is 8.05. The van der Waals surface area contributed by atoms with Crippen LogP contribution in [0.25, 0.3) is 0 Å². The van der Waals surface area contributed by atoms with Gasteiger partial charge in [-0.1, -0.05) is 25.0 Å². The van der Waals surface area contributed by atoms with E-state index in [1.54, 1.807) is 0 Å². The van der Waals surface area contributed by atoms with Crippen LogP contribution in [0.4, 0.5) is 0 Å². The lowest BCUT2D eigenvalue weighted by atomic mass is 9.73. The highest BCUT2D eigenvalue weighted by molar-refractivity contribution is 8.37. The molecule has 1 aliphatic rings. The fourth-order valence-electron chi connectivity index (χ4n) is 2.19. The third-order valence-corrected chi connectivity index (χ3v) is 4.22. The molecule has 0 saturated carbocycles. The van der Waals surface area contributed by atoms with Crippen molar-refractivity contribution in [1.29, 1.82) is 0 Å². The summed E-state index contributed by atoms with van der Waals surface area (Å²) < 4.78 is 22.5. The van der Waals surface area contributed by atoms with Gasteiger partial charge in [0.05, 0.1) is 5.75 Å². The Hall–Kier alpha value is 0.120. The summed E-state index contributed by atoms with van der Waals surface area (Å²) in [5.41, 5.74) is 2.46. The highest BCUT2D eigenvalue weighted by atomic mass is 32.7. The second kappa shape index (κ2) is 3.94. The van der Waals surface area contributed by atoms with Crippen molar-refractivity contribution in [3.8, 4) is 0 Å². The van der Waals surface area contributed by atoms with Crippen molar-refractivity contribution in [3.05, 3.63) is 11.1 Å². The molecule has 0 aromatic heterocycles. The van der Waals surface area contributed by atoms with E-state index in [2.05, 4.69) is 20.8 Å². The van der Waals surface area contributed by atoms with Crippen LogP contribution in [0.1, 0.15) is 40.0 Å². The Labute approximate surface area is 89.0 Å². The SMILES string of the molecule is CC1=C(CS(=O)(=O)P)C(C)(C)CCC1. The predicted octanol–water partition coefficient (Wildman–Crippen LogP) is 2.72. The molecule has 1 rings (SSSR count). The van der Waals surface area contributed by atoms with Gasteiger partial charge in [-0.15, -0.1) is 0 Å². The molecule has 4 heteroatoms. The van der Waals surface area contributed by atoms with E-state index in [1.165, 1.54) is 12.0 Å². The molecule has 0 spiro atoms. The zero-order valence-electron chi connectivity index (χ0n) is 9.13. The van der Waals surface area contributed by atoms with Crippen molar-refractivity contribution in [1.82, 2.24) is 0 Å². The lowest BCUT2D eigenvalue weighted by Crippen LogP contribution is -2.24. The molecule has 0 aromatic carbocycles. The number of hydrogen-bond acceptors (Lipinski definition) is 2. The van der Waals surface area contributed by atoms with Crippen molar-refractivity contribution >= 4 is 17.9 Å². The smallest absolute Gasteiger partial charge is 0.165 e. The van der Waals surface area contributed by atoms with Crippen LogP contribution in [0.5, 0.6) is 0 Å². The molecule has 0 N–H and O–H groups in total. The summed E-state index contributed by atoms with van der Waals surface area (Å²) >= 11 is 0. The third kappa shape index (κ3) is 3.06. The Balaban J connectivity index is 3.03. The van der Waals surface area contributed by atoms with Crippen LogP contribution in [0.2, 0.25) is 0 Å². The van der Waals surface area contributed by atoms with Gasteiger partial charge in [-0.25, -0.2) is 8.42 Å². The Morgan fingerprint density at radius 2 is 2.00 bits per heavy atom. The normalized spacial score (nSPS) is 22.6. The first-order chi connectivity index (χ1) is 6.22. The summed E-state index contributed by atoms with van der Waals surface area (Å²) in [7, 11) is -1.02. The molecule has 0 heterocycles. The van der Waals surface area contributed by atoms with E-state index in [9.17, 15) is 8.42 Å². The minimum absolute atomic E-state index is 0.0615. The maximum absolute atomic E-state index is 11.3. The van der Waals surface area contributed by atoms with Gasteiger partial charge in [0.15, 0.2) is 9.46 Å². The highest BCUT2D eigenvalue weighted by Gasteiger charge is 2.30. The lowest BCUT2D eigenvalue weighted by Gasteiger charge is -2.34. The fraction of sp³-hybridized carbons (Fsp3) is 0.800. The number of hydrogen-bond donors (Lipinski definition) is 0. The van der Waals surface area contributed by atoms with Gasteiger partial charge in [0.2, 0.25) is 0 Å². The predicted molar refractivity (Wildman–Crippen MR) is 63.8 cm³/mol. The van der Waals surface area contributed by atoms with Crippen molar-refractivity contribution in [3.63, 3.8) is 0 Å². The first kappa shape index (κ1) is 12.2. The van der Waals surface area contributed by atoms with Gasteiger partial charge < -0.3 is 0 Å². The van der Waals surface area contributed by atoms with Gasteiger partial charge in [0.1, 0.15) is 0 Å². The summed E-state index contributed by atoms with van der Waals surface area (Å²) in [5.74, 6) is 0.205. The van der Waals surface area contributed by atoms with E-state index in [0.717, 1.165) is 18.4 Å². The largest absolute Gasteiger partial charge is 0.225 e. The summed E-state index contributed by atoms with van der Waals surface area (Å²) in [4.78, 5) is 0. The molecule has 14 heavy (non-hydrogen) atoms. The molecule has 0 radical (unpaired) electrons. The zero-order valence-corrected chi connectivity index (χ0v) is 11.1. The molecular weight excluding hydrogens is 215 g/mol. The highest BCUT2D eigenvalue weighted by Crippen LogP contribution is 2.41. The second-order valence-corrected chi connectivity index (χ2v) is 8.57. The molecule has 1 unspecified atom stereocenters. The molecule has 1 aliphatic carbocycles. The molecule has 1 atom stereocenters. The van der Waals surface area contributed by atoms with E-state index < -0.39 is 9.46 Å². The van der Waals surface area contributed by atoms with Crippen molar-refractivity contribution in [2.45, 2.75) is 40.0 Å². The van der Waals surface area contributed by atoms with Gasteiger partial charge in [-0.05, 0) is 40.0 Å². The third-order valence-electron chi connectivity index (χ3n) is 3.03. The maximum Gasteiger partial charge on any atom is 0.165 e. The van der Waals surface area contributed by atoms with E-state index in [0.29, 0.717) is 0 Å². The van der Waals surface area contributed by atoms with Gasteiger partial charge in [0, 0.05) is 0 Å². The Morgan fingerprint density at radius 3 is 2.43 bits per heavy atom. The van der Waals surface area contributed by atoms with Crippen LogP contribution in [0.3, 0.4) is 0 Å². The van der Waals surface area contributed by atoms with Gasteiger partial charge in [-0.3, -0.25) is 0 Å². The molecule has 0 aromatic rings. The Kier molecular flexibility index (Phi) is 3.43. The molecule has 0 aliphatic heterocycles. The number of rotatable bonds is 2. The quantitative estimate of drug-likeness (QED) is 0.544. The molecule has 2 nitrogen and oxygen atoms in total. The van der Waals surface area contributed by atoms with E-state index in [-0.39, 0.29) is 11.2 Å². The summed E-state index contributed by atoms with van der Waals surface area (Å²) in [6, 6.07) is 0. The van der Waals surface area contributed by atoms with Crippen LogP contribution >= 0.6 is 8.44 Å². The van der Waals surface area contributed by atoms with Gasteiger partial charge in [0.25, 0.3) is 0 Å². The van der Waals surface area contributed by atoms with Crippen molar-refractivity contribution in [2.75, 3.05) is 5.75 Å². The summed E-state index contributed by atoms with van der Waals surface area (Å²) in [6.45, 7) is 6.34. The van der Waals surface area contributed by atoms with Crippen LogP contribution < -0.4 is 0 Å². The van der Waals surface area contributed by atoms with Crippen LogP contribution in [0.15, 0.2) is 11.1 Å². The summed E-state index contributed by atoms with van der Waals surface area (Å²) in [5, 5.41) is 0. The van der Waals surface area contributed by atoms with E-state index in [1.807, 2.05) is 8.44 Å². The minimum Gasteiger partial charge on any atom is -0.225 e. The Bertz CT molecular complexity index is 352. The molecule has 0 saturated heterocycles. The number of allylic oxidation sites excluding steroid dienone is 1. The van der Waals surface area contributed by atoms with Crippen LogP contribution in [-0.2, 0) is 9.46 Å². The fourth-order valence-corrected chi connectivity index (χ4v) is 3.73. The average Bonchev–Trinajstić information content (AvgIpc) is 1.95. The Morgan fingerprint density at radius 1 is 1.43 bits per heavy atom. The van der Waals surface area contributed by atoms with E-state index >= 15 is 0 Å². The maximum atomic E-state index is 11.3. The monoisotopic (exact) mass is 234 g/mol. The van der Waals surface area contributed by atoms with Crippen molar-refractivity contribution < 1.29 is 8.42 Å². The standard InChI is InChI=1S/C10H19O2PS/c1-8-5-4-6-10(2,3)9(8)7-14(11,12)13/h4-7,13H2,1-3H3. The van der Waals surface area contributed by atoms with Crippen molar-refractivity contribution in [2.24, 2.45) is 5.41 Å². The zero-order chi connectivity index (χ0) is 11.0. The minimum atomic E-state index is -2.97. The molecule has 0 amide bonds. The second-order valence-electron chi connectivity index (χ2n) is 4.80. The average molecular weight is 234 g/mol. The lowest BCUT2D eigenvalue weighted by molar-refractivity contribution is 0.367. The molecule has 0 fully saturated rings. The topological polar surface area (TPSA) is 34.1 Å². The van der Waals surface area contributed by atoms with Crippen LogP contribution in [0, 0.1) is 5.41 Å². The van der Waals surface area contributed by atoms with Gasteiger partial charge >= 0.3 is 0 Å².